The molecule has 5 heteroatoms. The molecule has 0 saturated heterocycles. The molecule has 76 valence electrons. The summed E-state index contributed by atoms with van der Waals surface area (Å²) in [6.07, 6.45) is 8.45. The van der Waals surface area contributed by atoms with E-state index in [1.807, 2.05) is 13.0 Å². The van der Waals surface area contributed by atoms with E-state index in [0.717, 1.165) is 5.57 Å². The largest absolute Gasteiger partial charge is 0.352 e. The Morgan fingerprint density at radius 2 is 2.47 bits per heavy atom. The molecule has 1 atom stereocenters. The van der Waals surface area contributed by atoms with Gasteiger partial charge in [-0.05, 0) is 18.6 Å². The summed E-state index contributed by atoms with van der Waals surface area (Å²) >= 11 is 6.38. The van der Waals surface area contributed by atoms with Gasteiger partial charge in [0.2, 0.25) is 5.12 Å². The molecule has 0 fully saturated rings. The number of hydrogen-bond donors (Lipinski definition) is 1. The summed E-state index contributed by atoms with van der Waals surface area (Å²) in [5.41, 5.74) is 1.32. The Morgan fingerprint density at radius 1 is 1.67 bits per heavy atom. The van der Waals surface area contributed by atoms with Crippen LogP contribution in [0.5, 0.6) is 0 Å². The molecule has 0 saturated carbocycles. The molecule has 1 aliphatic heterocycles. The van der Waals surface area contributed by atoms with Crippen LogP contribution in [0.2, 0.25) is 0 Å². The monoisotopic (exact) mass is 220 g/mol. The summed E-state index contributed by atoms with van der Waals surface area (Å²) in [5, 5.41) is 11.0. The van der Waals surface area contributed by atoms with Crippen LogP contribution in [-0.2, 0) is 5.12 Å². The molecule has 1 aliphatic rings. The van der Waals surface area contributed by atoms with Crippen molar-refractivity contribution in [2.24, 2.45) is 0 Å². The number of alkyl halides is 1. The first kappa shape index (κ1) is 9.81. The zero-order valence-electron chi connectivity index (χ0n) is 8.11. The van der Waals surface area contributed by atoms with Crippen molar-refractivity contribution in [2.45, 2.75) is 12.0 Å². The van der Waals surface area contributed by atoms with Crippen LogP contribution in [0.25, 0.3) is 0 Å². The molecule has 0 amide bonds. The number of aromatic nitrogens is 2. The van der Waals surface area contributed by atoms with Crippen LogP contribution in [0.1, 0.15) is 6.92 Å². The van der Waals surface area contributed by atoms with Crippen LogP contribution in [-0.4, -0.2) is 9.55 Å². The van der Waals surface area contributed by atoms with Crippen LogP contribution >= 0.6 is 11.6 Å². The highest BCUT2D eigenvalue weighted by atomic mass is 35.5. The molecular weight excluding hydrogens is 212 g/mol. The predicted molar refractivity (Wildman–Crippen MR) is 56.6 cm³/mol. The number of hydrogen-bond acceptors (Lipinski definition) is 3. The summed E-state index contributed by atoms with van der Waals surface area (Å²) in [6.45, 7) is 1.85. The van der Waals surface area contributed by atoms with Crippen molar-refractivity contribution in [1.29, 1.82) is 5.26 Å². The first-order valence-corrected chi connectivity index (χ1v) is 4.79. The first-order chi connectivity index (χ1) is 7.18. The third kappa shape index (κ3) is 1.41. The van der Waals surface area contributed by atoms with Gasteiger partial charge in [-0.15, -0.1) is 0 Å². The maximum Gasteiger partial charge on any atom is 0.230 e. The summed E-state index contributed by atoms with van der Waals surface area (Å²) < 4.78 is 1.65. The van der Waals surface area contributed by atoms with E-state index in [0.29, 0.717) is 5.57 Å². The van der Waals surface area contributed by atoms with Gasteiger partial charge in [0.15, 0.2) is 0 Å². The van der Waals surface area contributed by atoms with Gasteiger partial charge in [0.1, 0.15) is 6.07 Å². The lowest BCUT2D eigenvalue weighted by atomic mass is 10.0. The maximum absolute atomic E-state index is 9.10. The number of imidazole rings is 1. The highest BCUT2D eigenvalue weighted by Crippen LogP contribution is 2.32. The second-order valence-corrected chi connectivity index (χ2v) is 3.79. The molecule has 4 nitrogen and oxygen atoms in total. The van der Waals surface area contributed by atoms with E-state index in [2.05, 4.69) is 16.4 Å². The first-order valence-electron chi connectivity index (χ1n) is 4.41. The quantitative estimate of drug-likeness (QED) is 0.579. The van der Waals surface area contributed by atoms with Crippen molar-refractivity contribution >= 4 is 11.6 Å². The van der Waals surface area contributed by atoms with Crippen LogP contribution < -0.4 is 5.32 Å². The third-order valence-corrected chi connectivity index (χ3v) is 2.80. The Labute approximate surface area is 92.5 Å². The molecule has 2 rings (SSSR count). The Balaban J connectivity index is 2.55. The van der Waals surface area contributed by atoms with E-state index >= 15 is 0 Å². The summed E-state index contributed by atoms with van der Waals surface area (Å²) in [5.74, 6) is 0. The van der Waals surface area contributed by atoms with Crippen molar-refractivity contribution in [1.82, 2.24) is 14.9 Å². The van der Waals surface area contributed by atoms with Gasteiger partial charge in [0.25, 0.3) is 0 Å². The fourth-order valence-corrected chi connectivity index (χ4v) is 1.86. The lowest BCUT2D eigenvalue weighted by molar-refractivity contribution is 0.453. The molecule has 1 unspecified atom stereocenters. The number of nitrogens with zero attached hydrogens (tertiary/aromatic N) is 3. The topological polar surface area (TPSA) is 53.6 Å². The van der Waals surface area contributed by atoms with Gasteiger partial charge in [-0.2, -0.15) is 5.26 Å². The molecule has 0 bridgehead atoms. The van der Waals surface area contributed by atoms with Gasteiger partial charge in [0.05, 0.1) is 11.9 Å². The SMILES string of the molecule is CC1=C(C#N)C(Cl)(n2ccnc2)NC=C1. The number of rotatable bonds is 1. The lowest BCUT2D eigenvalue weighted by Gasteiger charge is -2.31. The number of dihydropyridines is 1. The van der Waals surface area contributed by atoms with Crippen LogP contribution in [0.3, 0.4) is 0 Å². The maximum atomic E-state index is 9.10. The van der Waals surface area contributed by atoms with Gasteiger partial charge in [-0.3, -0.25) is 4.57 Å². The lowest BCUT2D eigenvalue weighted by Crippen LogP contribution is -2.42. The Bertz CT molecular complexity index is 466. The van der Waals surface area contributed by atoms with E-state index in [1.54, 1.807) is 29.5 Å². The molecule has 0 radical (unpaired) electrons. The highest BCUT2D eigenvalue weighted by molar-refractivity contribution is 6.24. The van der Waals surface area contributed by atoms with Crippen molar-refractivity contribution < 1.29 is 0 Å². The molecule has 0 aromatic carbocycles. The van der Waals surface area contributed by atoms with E-state index in [1.165, 1.54) is 0 Å². The van der Waals surface area contributed by atoms with Crippen LogP contribution in [0, 0.1) is 11.3 Å². The van der Waals surface area contributed by atoms with E-state index < -0.39 is 5.12 Å². The number of allylic oxidation sites excluding steroid dienone is 2. The van der Waals surface area contributed by atoms with Gasteiger partial charge in [0, 0.05) is 18.6 Å². The second-order valence-electron chi connectivity index (χ2n) is 3.24. The van der Waals surface area contributed by atoms with E-state index in [9.17, 15) is 0 Å². The van der Waals surface area contributed by atoms with Crippen molar-refractivity contribution in [3.05, 3.63) is 42.1 Å². The number of nitrogens with one attached hydrogen (secondary N) is 1. The number of nitriles is 1. The minimum absolute atomic E-state index is 0.477. The second kappa shape index (κ2) is 3.44. The molecule has 0 aliphatic carbocycles. The van der Waals surface area contributed by atoms with Crippen molar-refractivity contribution in [3.63, 3.8) is 0 Å². The van der Waals surface area contributed by atoms with Gasteiger partial charge >= 0.3 is 0 Å². The normalized spacial score (nSPS) is 24.9. The summed E-state index contributed by atoms with van der Waals surface area (Å²) in [7, 11) is 0. The average molecular weight is 221 g/mol. The molecular formula is C10H9ClN4. The minimum atomic E-state index is -1.05. The van der Waals surface area contributed by atoms with Gasteiger partial charge in [-0.25, -0.2) is 4.98 Å². The highest BCUT2D eigenvalue weighted by Gasteiger charge is 2.35. The molecule has 2 heterocycles. The summed E-state index contributed by atoms with van der Waals surface area (Å²) in [4.78, 5) is 3.92. The smallest absolute Gasteiger partial charge is 0.230 e. The fourth-order valence-electron chi connectivity index (χ4n) is 1.50. The molecule has 1 aromatic heterocycles. The fraction of sp³-hybridized carbons (Fsp3) is 0.200. The zero-order valence-corrected chi connectivity index (χ0v) is 8.86. The molecule has 1 N–H and O–H groups in total. The Kier molecular flexibility index (Phi) is 2.25. The zero-order chi connectivity index (χ0) is 10.9. The van der Waals surface area contributed by atoms with Crippen LogP contribution in [0.4, 0.5) is 0 Å². The standard InChI is InChI=1S/C10H9ClN4/c1-8-2-3-14-10(11,9(8)6-12)15-5-4-13-7-15/h2-5,7,14H,1H3. The molecule has 1 aromatic rings. The Hall–Kier alpha value is -1.73. The Morgan fingerprint density at radius 3 is 3.07 bits per heavy atom. The number of halogens is 1. The van der Waals surface area contributed by atoms with Crippen molar-refractivity contribution in [2.75, 3.05) is 0 Å². The minimum Gasteiger partial charge on any atom is -0.352 e. The van der Waals surface area contributed by atoms with E-state index in [4.69, 9.17) is 16.9 Å². The average Bonchev–Trinajstić information content (AvgIpc) is 2.71. The predicted octanol–water partition coefficient (Wildman–Crippen LogP) is 1.69. The molecule has 0 spiro atoms. The van der Waals surface area contributed by atoms with Crippen molar-refractivity contribution in [3.8, 4) is 6.07 Å². The van der Waals surface area contributed by atoms with E-state index in [-0.39, 0.29) is 0 Å². The molecule has 15 heavy (non-hydrogen) atoms. The third-order valence-electron chi connectivity index (χ3n) is 2.31. The van der Waals surface area contributed by atoms with Gasteiger partial charge in [-0.1, -0.05) is 11.6 Å². The van der Waals surface area contributed by atoms with Crippen LogP contribution in [0.15, 0.2) is 42.1 Å². The van der Waals surface area contributed by atoms with Gasteiger partial charge < -0.3 is 5.32 Å². The summed E-state index contributed by atoms with van der Waals surface area (Å²) in [6, 6.07) is 2.12.